The number of allylic oxidation sites excluding steroid dienone is 1. The first-order chi connectivity index (χ1) is 10.4. The fourth-order valence-electron chi connectivity index (χ4n) is 2.57. The summed E-state index contributed by atoms with van der Waals surface area (Å²) in [5.74, 6) is -0.411. The van der Waals surface area contributed by atoms with Gasteiger partial charge in [-0.3, -0.25) is 0 Å². The molecule has 22 heavy (non-hydrogen) atoms. The maximum Gasteiger partial charge on any atom is 0.338 e. The average molecular weight is 323 g/mol. The smallest absolute Gasteiger partial charge is 0.338 e. The molecular formula is C16H19ClN2O3. The van der Waals surface area contributed by atoms with E-state index in [0.717, 1.165) is 5.56 Å². The van der Waals surface area contributed by atoms with Crippen molar-refractivity contribution >= 4 is 23.6 Å². The van der Waals surface area contributed by atoms with Gasteiger partial charge in [-0.2, -0.15) is 0 Å². The highest BCUT2D eigenvalue weighted by molar-refractivity contribution is 6.30. The summed E-state index contributed by atoms with van der Waals surface area (Å²) in [5, 5.41) is 0.601. The van der Waals surface area contributed by atoms with E-state index >= 15 is 0 Å². The van der Waals surface area contributed by atoms with Crippen LogP contribution in [0, 0.1) is 0 Å². The normalized spacial score (nSPS) is 18.8. The molecule has 0 unspecified atom stereocenters. The van der Waals surface area contributed by atoms with Gasteiger partial charge in [0.25, 0.3) is 0 Å². The Hall–Kier alpha value is -2.01. The minimum absolute atomic E-state index is 0.175. The lowest BCUT2D eigenvalue weighted by Gasteiger charge is -2.39. The van der Waals surface area contributed by atoms with Gasteiger partial charge in [0.1, 0.15) is 0 Å². The largest absolute Gasteiger partial charge is 0.463 e. The van der Waals surface area contributed by atoms with E-state index < -0.39 is 12.0 Å². The lowest BCUT2D eigenvalue weighted by atomic mass is 9.94. The zero-order chi connectivity index (χ0) is 16.4. The first kappa shape index (κ1) is 16.4. The number of carbonyl (C=O) groups is 2. The van der Waals surface area contributed by atoms with E-state index in [-0.39, 0.29) is 12.6 Å². The minimum atomic E-state index is -0.486. The molecule has 0 fully saturated rings. The summed E-state index contributed by atoms with van der Waals surface area (Å²) >= 11 is 5.92. The Morgan fingerprint density at radius 3 is 2.41 bits per heavy atom. The van der Waals surface area contributed by atoms with Gasteiger partial charge in [0.05, 0.1) is 18.2 Å². The molecule has 6 heteroatoms. The number of likely N-dealkylation sites (N-methyl/N-ethyl adjacent to an activating group) is 1. The van der Waals surface area contributed by atoms with Gasteiger partial charge in [0.15, 0.2) is 0 Å². The van der Waals surface area contributed by atoms with Crippen molar-refractivity contribution in [3.8, 4) is 0 Å². The third-order valence-corrected chi connectivity index (χ3v) is 4.08. The van der Waals surface area contributed by atoms with Crippen LogP contribution in [0.3, 0.4) is 0 Å². The van der Waals surface area contributed by atoms with E-state index in [0.29, 0.717) is 16.3 Å². The Balaban J connectivity index is 2.57. The number of benzene rings is 1. The SMILES string of the molecule is CCOC(=O)C1=C(C)N(C)C(=O)N(C)[C@H]1c1ccc(Cl)cc1. The van der Waals surface area contributed by atoms with Crippen molar-refractivity contribution in [1.29, 1.82) is 0 Å². The summed E-state index contributed by atoms with van der Waals surface area (Å²) in [4.78, 5) is 27.7. The van der Waals surface area contributed by atoms with Crippen LogP contribution in [0.1, 0.15) is 25.5 Å². The number of hydrogen-bond acceptors (Lipinski definition) is 3. The maximum absolute atomic E-state index is 12.4. The van der Waals surface area contributed by atoms with Crippen molar-refractivity contribution in [3.05, 3.63) is 46.1 Å². The fraction of sp³-hybridized carbons (Fsp3) is 0.375. The molecule has 118 valence electrons. The molecule has 2 rings (SSSR count). The van der Waals surface area contributed by atoms with E-state index in [9.17, 15) is 9.59 Å². The number of nitrogens with zero attached hydrogens (tertiary/aromatic N) is 2. The highest BCUT2D eigenvalue weighted by atomic mass is 35.5. The average Bonchev–Trinajstić information content (AvgIpc) is 2.50. The van der Waals surface area contributed by atoms with Crippen molar-refractivity contribution in [1.82, 2.24) is 9.80 Å². The van der Waals surface area contributed by atoms with Crippen LogP contribution in [0.5, 0.6) is 0 Å². The molecule has 1 aliphatic heterocycles. The van der Waals surface area contributed by atoms with Crippen LogP contribution >= 0.6 is 11.6 Å². The van der Waals surface area contributed by atoms with Gasteiger partial charge in [-0.25, -0.2) is 9.59 Å². The first-order valence-electron chi connectivity index (χ1n) is 7.02. The van der Waals surface area contributed by atoms with E-state index in [1.54, 1.807) is 40.1 Å². The molecule has 5 nitrogen and oxygen atoms in total. The van der Waals surface area contributed by atoms with Crippen LogP contribution in [0.4, 0.5) is 4.79 Å². The van der Waals surface area contributed by atoms with E-state index in [4.69, 9.17) is 16.3 Å². The van der Waals surface area contributed by atoms with Crippen molar-refractivity contribution in [2.45, 2.75) is 19.9 Å². The fourth-order valence-corrected chi connectivity index (χ4v) is 2.69. The summed E-state index contributed by atoms with van der Waals surface area (Å²) in [5.41, 5.74) is 1.88. The second-order valence-electron chi connectivity index (χ2n) is 5.13. The van der Waals surface area contributed by atoms with Gasteiger partial charge in [0.2, 0.25) is 0 Å². The van der Waals surface area contributed by atoms with E-state index in [1.807, 2.05) is 12.1 Å². The molecule has 1 aromatic carbocycles. The minimum Gasteiger partial charge on any atom is -0.463 e. The van der Waals surface area contributed by atoms with Crippen LogP contribution in [0.15, 0.2) is 35.5 Å². The molecule has 1 heterocycles. The second-order valence-corrected chi connectivity index (χ2v) is 5.56. The van der Waals surface area contributed by atoms with Crippen molar-refractivity contribution in [2.24, 2.45) is 0 Å². The molecule has 0 bridgehead atoms. The molecule has 0 radical (unpaired) electrons. The van der Waals surface area contributed by atoms with Gasteiger partial charge in [-0.1, -0.05) is 23.7 Å². The maximum atomic E-state index is 12.4. The molecule has 1 aliphatic rings. The third kappa shape index (κ3) is 2.81. The van der Waals surface area contributed by atoms with Crippen LogP contribution in [-0.2, 0) is 9.53 Å². The number of halogens is 1. The topological polar surface area (TPSA) is 49.9 Å². The number of hydrogen-bond donors (Lipinski definition) is 0. The lowest BCUT2D eigenvalue weighted by molar-refractivity contribution is -0.139. The molecular weight excluding hydrogens is 304 g/mol. The molecule has 0 spiro atoms. The monoisotopic (exact) mass is 322 g/mol. The number of amides is 2. The Kier molecular flexibility index (Phi) is 4.76. The lowest BCUT2D eigenvalue weighted by Crippen LogP contribution is -2.47. The standard InChI is InChI=1S/C16H19ClN2O3/c1-5-22-15(20)13-10(2)18(3)16(21)19(4)14(13)11-6-8-12(17)9-7-11/h6-9,14H,5H2,1-4H3/t14-/m0/s1. The quantitative estimate of drug-likeness (QED) is 0.803. The number of carbonyl (C=O) groups excluding carboxylic acids is 2. The van der Waals surface area contributed by atoms with Crippen LogP contribution in [0.25, 0.3) is 0 Å². The number of ether oxygens (including phenoxy) is 1. The Morgan fingerprint density at radius 2 is 1.86 bits per heavy atom. The third-order valence-electron chi connectivity index (χ3n) is 3.82. The molecule has 2 amide bonds. The summed E-state index contributed by atoms with van der Waals surface area (Å²) in [6.07, 6.45) is 0. The van der Waals surface area contributed by atoms with E-state index in [2.05, 4.69) is 0 Å². The van der Waals surface area contributed by atoms with Crippen molar-refractivity contribution < 1.29 is 14.3 Å². The molecule has 0 saturated carbocycles. The van der Waals surface area contributed by atoms with Crippen molar-refractivity contribution in [2.75, 3.05) is 20.7 Å². The second kappa shape index (κ2) is 6.40. The number of esters is 1. The van der Waals surface area contributed by atoms with Crippen LogP contribution in [0.2, 0.25) is 5.02 Å². The zero-order valence-electron chi connectivity index (χ0n) is 13.1. The van der Waals surface area contributed by atoms with Crippen LogP contribution in [-0.4, -0.2) is 42.5 Å². The number of rotatable bonds is 3. The summed E-state index contributed by atoms with van der Waals surface area (Å²) < 4.78 is 5.17. The Labute approximate surface area is 135 Å². The predicted octanol–water partition coefficient (Wildman–Crippen LogP) is 3.22. The Bertz CT molecular complexity index is 625. The highest BCUT2D eigenvalue weighted by Gasteiger charge is 2.39. The van der Waals surface area contributed by atoms with Gasteiger partial charge in [-0.15, -0.1) is 0 Å². The highest BCUT2D eigenvalue weighted by Crippen LogP contribution is 2.36. The molecule has 1 aromatic rings. The molecule has 0 aromatic heterocycles. The van der Waals surface area contributed by atoms with Gasteiger partial charge < -0.3 is 14.5 Å². The van der Waals surface area contributed by atoms with E-state index in [1.165, 1.54) is 9.80 Å². The summed E-state index contributed by atoms with van der Waals surface area (Å²) in [6.45, 7) is 3.79. The molecule has 0 aliphatic carbocycles. The van der Waals surface area contributed by atoms with Crippen LogP contribution < -0.4 is 0 Å². The van der Waals surface area contributed by atoms with Gasteiger partial charge in [0, 0.05) is 24.8 Å². The summed E-state index contributed by atoms with van der Waals surface area (Å²) in [7, 11) is 3.31. The van der Waals surface area contributed by atoms with Crippen molar-refractivity contribution in [3.63, 3.8) is 0 Å². The molecule has 1 atom stereocenters. The molecule has 0 N–H and O–H groups in total. The first-order valence-corrected chi connectivity index (χ1v) is 7.40. The number of urea groups is 1. The summed E-state index contributed by atoms with van der Waals surface area (Å²) in [6, 6.07) is 6.45. The van der Waals surface area contributed by atoms with Gasteiger partial charge in [-0.05, 0) is 31.5 Å². The zero-order valence-corrected chi connectivity index (χ0v) is 13.8. The molecule has 0 saturated heterocycles. The predicted molar refractivity (Wildman–Crippen MR) is 84.4 cm³/mol. The Morgan fingerprint density at radius 1 is 1.27 bits per heavy atom. The van der Waals surface area contributed by atoms with Gasteiger partial charge >= 0.3 is 12.0 Å².